The summed E-state index contributed by atoms with van der Waals surface area (Å²) in [6.45, 7) is 2.75. The molecule has 0 aromatic carbocycles. The van der Waals surface area contributed by atoms with Crippen LogP contribution < -0.4 is 11.1 Å². The Morgan fingerprint density at radius 1 is 1.40 bits per heavy atom. The van der Waals surface area contributed by atoms with Crippen LogP contribution in [-0.2, 0) is 32.7 Å². The molecule has 0 heterocycles. The van der Waals surface area contributed by atoms with Gasteiger partial charge in [0.25, 0.3) is 0 Å². The second kappa shape index (κ2) is 123. The van der Waals surface area contributed by atoms with Crippen molar-refractivity contribution in [3.63, 3.8) is 0 Å². The average molecular weight is 150 g/mol. The van der Waals surface area contributed by atoms with Gasteiger partial charge in [-0.3, -0.25) is 5.41 Å². The van der Waals surface area contributed by atoms with Crippen LogP contribution in [0.2, 0.25) is 0 Å². The zero-order valence-electron chi connectivity index (χ0n) is 3.44. The number of nitrogens with two attached hydrogens (primary N) is 2. The summed E-state index contributed by atoms with van der Waals surface area (Å²) in [7, 11) is 1.50. The second-order valence-electron chi connectivity index (χ2n) is 0. The van der Waals surface area contributed by atoms with E-state index in [1.807, 2.05) is 0 Å². The minimum absolute atomic E-state index is 0. The zero-order chi connectivity index (χ0) is 4.00. The first-order valence-corrected chi connectivity index (χ1v) is 0.986. The molecule has 2 nitrogen and oxygen atoms in total. The van der Waals surface area contributed by atoms with E-state index in [0.717, 1.165) is 0 Å². The van der Waals surface area contributed by atoms with Gasteiger partial charge in [-0.1, -0.05) is 0 Å². The summed E-state index contributed by atoms with van der Waals surface area (Å²) >= 11 is 0. The minimum Gasteiger partial charge on any atom is -0.333 e. The summed E-state index contributed by atoms with van der Waals surface area (Å²) in [4.78, 5) is 0. The van der Waals surface area contributed by atoms with Crippen LogP contribution in [0.4, 0.5) is 0 Å². The molecule has 0 spiro atoms. The van der Waals surface area contributed by atoms with Crippen LogP contribution in [0.3, 0.4) is 0 Å². The molecule has 29 valence electrons. The SMILES string of the molecule is C=[NH2+].CN.[Y]. The molecule has 0 saturated carbocycles. The predicted molar refractivity (Wildman–Crippen MR) is 19.2 cm³/mol. The molecule has 5 heavy (non-hydrogen) atoms. The average Bonchev–Trinajstić information content (AvgIpc) is 1.50. The molecule has 4 N–H and O–H groups in total. The minimum atomic E-state index is 0. The Bertz CT molecular complexity index is 7.61. The molecule has 0 fully saturated rings. The van der Waals surface area contributed by atoms with Crippen LogP contribution in [0.5, 0.6) is 0 Å². The third-order valence-corrected chi connectivity index (χ3v) is 0. The van der Waals surface area contributed by atoms with Gasteiger partial charge >= 0.3 is 0 Å². The molecule has 0 atom stereocenters. The fraction of sp³-hybridized carbons (Fsp3) is 0.500. The summed E-state index contributed by atoms with van der Waals surface area (Å²) in [5, 5.41) is 4.25. The van der Waals surface area contributed by atoms with Crippen LogP contribution in [-0.4, -0.2) is 13.8 Å². The normalized spacial score (nSPS) is 2.00. The Balaban J connectivity index is -0.0000000133. The maximum atomic E-state index is 4.50. The molecule has 0 saturated heterocycles. The van der Waals surface area contributed by atoms with E-state index in [4.69, 9.17) is 0 Å². The molecule has 0 aromatic heterocycles. The topological polar surface area (TPSA) is 51.6 Å². The molecule has 0 bridgehead atoms. The first kappa shape index (κ1) is 17.2. The molecule has 0 aliphatic heterocycles. The molecule has 0 aliphatic rings. The summed E-state index contributed by atoms with van der Waals surface area (Å²) in [6.07, 6.45) is 0. The summed E-state index contributed by atoms with van der Waals surface area (Å²) in [5.74, 6) is 0. The maximum absolute atomic E-state index is 4.50. The Labute approximate surface area is 57.5 Å². The summed E-state index contributed by atoms with van der Waals surface area (Å²) in [5.41, 5.74) is 4.50. The van der Waals surface area contributed by atoms with Crippen LogP contribution in [0, 0.1) is 0 Å². The van der Waals surface area contributed by atoms with E-state index in [2.05, 4.69) is 17.9 Å². The van der Waals surface area contributed by atoms with Crippen molar-refractivity contribution in [1.82, 2.24) is 0 Å². The molecular formula is C2H9N2Y+. The molecule has 0 unspecified atom stereocenters. The van der Waals surface area contributed by atoms with Gasteiger partial charge in [0.15, 0.2) is 0 Å². The van der Waals surface area contributed by atoms with Crippen molar-refractivity contribution < 1.29 is 38.1 Å². The van der Waals surface area contributed by atoms with Crippen molar-refractivity contribution in [2.75, 3.05) is 7.05 Å². The Kier molecular flexibility index (Phi) is 421. The van der Waals surface area contributed by atoms with E-state index in [-0.39, 0.29) is 32.7 Å². The largest absolute Gasteiger partial charge is 0.333 e. The quantitative estimate of drug-likeness (QED) is 0.386. The molecule has 0 amide bonds. The number of hydrogen-bond donors (Lipinski definition) is 2. The van der Waals surface area contributed by atoms with Crippen molar-refractivity contribution in [1.29, 1.82) is 0 Å². The molecule has 0 rings (SSSR count). The van der Waals surface area contributed by atoms with Gasteiger partial charge in [-0.15, -0.1) is 0 Å². The van der Waals surface area contributed by atoms with Crippen molar-refractivity contribution in [2.45, 2.75) is 0 Å². The monoisotopic (exact) mass is 150 g/mol. The standard InChI is InChI=1S/CH5N.CH3N.Y/c2*1-2;/h2H2,1H3;2H,1H2;/p+1. The Morgan fingerprint density at radius 2 is 1.40 bits per heavy atom. The zero-order valence-corrected chi connectivity index (χ0v) is 6.28. The van der Waals surface area contributed by atoms with Gasteiger partial charge < -0.3 is 5.73 Å². The predicted octanol–water partition coefficient (Wildman–Crippen LogP) is -1.98. The summed E-state index contributed by atoms with van der Waals surface area (Å²) in [6, 6.07) is 0. The van der Waals surface area contributed by atoms with Crippen LogP contribution in [0.15, 0.2) is 0 Å². The van der Waals surface area contributed by atoms with E-state index in [9.17, 15) is 0 Å². The van der Waals surface area contributed by atoms with Crippen molar-refractivity contribution >= 4 is 6.72 Å². The van der Waals surface area contributed by atoms with Crippen molar-refractivity contribution in [3.8, 4) is 0 Å². The van der Waals surface area contributed by atoms with E-state index in [0.29, 0.717) is 0 Å². The molecule has 0 aromatic rings. The van der Waals surface area contributed by atoms with E-state index < -0.39 is 0 Å². The van der Waals surface area contributed by atoms with Gasteiger partial charge in [0.2, 0.25) is 0 Å². The molecule has 3 heteroatoms. The van der Waals surface area contributed by atoms with Gasteiger partial charge in [-0.05, 0) is 7.05 Å². The Hall–Kier alpha value is 0.734. The molecule has 1 radical (unpaired) electrons. The van der Waals surface area contributed by atoms with Crippen LogP contribution in [0.1, 0.15) is 0 Å². The number of rotatable bonds is 0. The van der Waals surface area contributed by atoms with E-state index in [1.165, 1.54) is 7.05 Å². The van der Waals surface area contributed by atoms with Gasteiger partial charge in [0.1, 0.15) is 6.72 Å². The van der Waals surface area contributed by atoms with E-state index in [1.54, 1.807) is 0 Å². The van der Waals surface area contributed by atoms with Gasteiger partial charge in [0, 0.05) is 32.7 Å². The van der Waals surface area contributed by atoms with Crippen molar-refractivity contribution in [2.24, 2.45) is 5.73 Å². The fourth-order valence-corrected chi connectivity index (χ4v) is 0. The van der Waals surface area contributed by atoms with Gasteiger partial charge in [0.05, 0.1) is 0 Å². The number of hydrogen-bond acceptors (Lipinski definition) is 1. The second-order valence-corrected chi connectivity index (χ2v) is 0. The van der Waals surface area contributed by atoms with Crippen molar-refractivity contribution in [3.05, 3.63) is 0 Å². The van der Waals surface area contributed by atoms with Gasteiger partial charge in [-0.25, -0.2) is 0 Å². The van der Waals surface area contributed by atoms with Crippen LogP contribution in [0.25, 0.3) is 0 Å². The Morgan fingerprint density at radius 3 is 1.40 bits per heavy atom. The van der Waals surface area contributed by atoms with Crippen LogP contribution >= 0.6 is 0 Å². The summed E-state index contributed by atoms with van der Waals surface area (Å²) < 4.78 is 0. The first-order chi connectivity index (χ1) is 2.00. The maximum Gasteiger partial charge on any atom is 0.123 e. The first-order valence-electron chi connectivity index (χ1n) is 0.986. The third-order valence-electron chi connectivity index (χ3n) is 0. The molecule has 0 aliphatic carbocycles. The third kappa shape index (κ3) is 65.7. The van der Waals surface area contributed by atoms with E-state index >= 15 is 0 Å². The van der Waals surface area contributed by atoms with Gasteiger partial charge in [-0.2, -0.15) is 0 Å². The fourth-order valence-electron chi connectivity index (χ4n) is 0. The smallest absolute Gasteiger partial charge is 0.123 e. The molecular weight excluding hydrogens is 141 g/mol.